The van der Waals surface area contributed by atoms with Crippen LogP contribution in [0.2, 0.25) is 0 Å². The van der Waals surface area contributed by atoms with Crippen molar-refractivity contribution in [1.29, 1.82) is 0 Å². The van der Waals surface area contributed by atoms with Gasteiger partial charge in [0.1, 0.15) is 5.75 Å². The lowest BCUT2D eigenvalue weighted by Crippen LogP contribution is -2.40. The number of rotatable bonds is 7. The molecule has 4 heteroatoms. The van der Waals surface area contributed by atoms with Crippen molar-refractivity contribution in [3.8, 4) is 5.75 Å². The van der Waals surface area contributed by atoms with Gasteiger partial charge in [0, 0.05) is 18.5 Å². The summed E-state index contributed by atoms with van der Waals surface area (Å²) in [6, 6.07) is 8.22. The molecule has 1 aliphatic rings. The summed E-state index contributed by atoms with van der Waals surface area (Å²) >= 11 is 0. The SMILES string of the molecule is CC(C)COc1ccc(C(C)(C)CNC(=O)C2CCNC2)cc1. The normalized spacial score (nSPS) is 18.2. The van der Waals surface area contributed by atoms with Gasteiger partial charge in [0.25, 0.3) is 0 Å². The second-order valence-corrected chi connectivity index (χ2v) is 7.52. The van der Waals surface area contributed by atoms with Crippen LogP contribution >= 0.6 is 0 Å². The molecular weight excluding hydrogens is 288 g/mol. The van der Waals surface area contributed by atoms with Crippen LogP contribution in [-0.2, 0) is 10.2 Å². The van der Waals surface area contributed by atoms with Crippen LogP contribution in [0.4, 0.5) is 0 Å². The van der Waals surface area contributed by atoms with Crippen LogP contribution in [0.25, 0.3) is 0 Å². The summed E-state index contributed by atoms with van der Waals surface area (Å²) in [6.45, 7) is 11.7. The molecule has 1 amide bonds. The summed E-state index contributed by atoms with van der Waals surface area (Å²) in [7, 11) is 0. The van der Waals surface area contributed by atoms with Gasteiger partial charge in [0.15, 0.2) is 0 Å². The standard InChI is InChI=1S/C19H30N2O2/c1-14(2)12-23-17-7-5-16(6-8-17)19(3,4)13-21-18(22)15-9-10-20-11-15/h5-8,14-15,20H,9-13H2,1-4H3,(H,21,22). The summed E-state index contributed by atoms with van der Waals surface area (Å²) < 4.78 is 5.72. The topological polar surface area (TPSA) is 50.4 Å². The smallest absolute Gasteiger partial charge is 0.224 e. The molecule has 0 bridgehead atoms. The van der Waals surface area contributed by atoms with Gasteiger partial charge in [-0.3, -0.25) is 4.79 Å². The Morgan fingerprint density at radius 2 is 2.04 bits per heavy atom. The molecule has 0 aromatic heterocycles. The van der Waals surface area contributed by atoms with E-state index < -0.39 is 0 Å². The van der Waals surface area contributed by atoms with Crippen LogP contribution in [0, 0.1) is 11.8 Å². The van der Waals surface area contributed by atoms with Crippen molar-refractivity contribution in [2.45, 2.75) is 39.5 Å². The van der Waals surface area contributed by atoms with E-state index in [9.17, 15) is 4.79 Å². The molecule has 128 valence electrons. The molecule has 1 unspecified atom stereocenters. The minimum absolute atomic E-state index is 0.0989. The van der Waals surface area contributed by atoms with Crippen molar-refractivity contribution < 1.29 is 9.53 Å². The van der Waals surface area contributed by atoms with E-state index in [4.69, 9.17) is 4.74 Å². The van der Waals surface area contributed by atoms with E-state index in [1.165, 1.54) is 5.56 Å². The van der Waals surface area contributed by atoms with Gasteiger partial charge in [0.05, 0.1) is 12.5 Å². The Morgan fingerprint density at radius 3 is 2.61 bits per heavy atom. The van der Waals surface area contributed by atoms with Gasteiger partial charge in [-0.15, -0.1) is 0 Å². The first-order chi connectivity index (χ1) is 10.9. The minimum atomic E-state index is -0.0989. The quantitative estimate of drug-likeness (QED) is 0.813. The van der Waals surface area contributed by atoms with Gasteiger partial charge < -0.3 is 15.4 Å². The molecule has 0 radical (unpaired) electrons. The number of nitrogens with one attached hydrogen (secondary N) is 2. The molecule has 0 saturated carbocycles. The number of ether oxygens (including phenoxy) is 1. The molecule has 1 aliphatic heterocycles. The number of amides is 1. The molecule has 1 aromatic rings. The molecule has 0 spiro atoms. The number of carbonyl (C=O) groups is 1. The summed E-state index contributed by atoms with van der Waals surface area (Å²) in [6.07, 6.45) is 0.939. The Bertz CT molecular complexity index is 503. The van der Waals surface area contributed by atoms with Crippen LogP contribution in [-0.4, -0.2) is 32.1 Å². The Kier molecular flexibility index (Phi) is 6.05. The zero-order valence-corrected chi connectivity index (χ0v) is 14.8. The zero-order valence-electron chi connectivity index (χ0n) is 14.8. The summed E-state index contributed by atoms with van der Waals surface area (Å²) in [5, 5.41) is 6.34. The van der Waals surface area contributed by atoms with Crippen molar-refractivity contribution in [3.05, 3.63) is 29.8 Å². The van der Waals surface area contributed by atoms with Gasteiger partial charge in [0.2, 0.25) is 5.91 Å². The maximum atomic E-state index is 12.2. The second-order valence-electron chi connectivity index (χ2n) is 7.52. The predicted octanol–water partition coefficient (Wildman–Crippen LogP) is 2.72. The van der Waals surface area contributed by atoms with Crippen LogP contribution in [0.1, 0.15) is 39.7 Å². The zero-order chi connectivity index (χ0) is 16.9. The van der Waals surface area contributed by atoms with E-state index in [2.05, 4.69) is 50.5 Å². The van der Waals surface area contributed by atoms with Gasteiger partial charge in [-0.25, -0.2) is 0 Å². The molecule has 1 atom stereocenters. The average Bonchev–Trinajstić information content (AvgIpc) is 3.05. The highest BCUT2D eigenvalue weighted by atomic mass is 16.5. The molecular formula is C19H30N2O2. The maximum Gasteiger partial charge on any atom is 0.224 e. The van der Waals surface area contributed by atoms with Crippen molar-refractivity contribution in [3.63, 3.8) is 0 Å². The molecule has 0 aliphatic carbocycles. The lowest BCUT2D eigenvalue weighted by molar-refractivity contribution is -0.124. The number of hydrogen-bond acceptors (Lipinski definition) is 3. The Morgan fingerprint density at radius 1 is 1.35 bits per heavy atom. The molecule has 1 heterocycles. The van der Waals surface area contributed by atoms with Gasteiger partial charge in [-0.05, 0) is 36.6 Å². The third-order valence-corrected chi connectivity index (χ3v) is 4.35. The molecule has 2 rings (SSSR count). The number of hydrogen-bond donors (Lipinski definition) is 2. The first kappa shape index (κ1) is 17.8. The fraction of sp³-hybridized carbons (Fsp3) is 0.632. The molecule has 1 fully saturated rings. The third-order valence-electron chi connectivity index (χ3n) is 4.35. The van der Waals surface area contributed by atoms with Gasteiger partial charge in [-0.2, -0.15) is 0 Å². The lowest BCUT2D eigenvalue weighted by atomic mass is 9.84. The number of benzene rings is 1. The predicted molar refractivity (Wildman–Crippen MR) is 93.8 cm³/mol. The van der Waals surface area contributed by atoms with Crippen molar-refractivity contribution >= 4 is 5.91 Å². The fourth-order valence-electron chi connectivity index (χ4n) is 2.70. The Balaban J connectivity index is 1.89. The monoisotopic (exact) mass is 318 g/mol. The minimum Gasteiger partial charge on any atom is -0.493 e. The molecule has 23 heavy (non-hydrogen) atoms. The van der Waals surface area contributed by atoms with E-state index >= 15 is 0 Å². The van der Waals surface area contributed by atoms with Crippen molar-refractivity contribution in [2.24, 2.45) is 11.8 Å². The third kappa shape index (κ3) is 5.24. The van der Waals surface area contributed by atoms with Gasteiger partial charge in [-0.1, -0.05) is 39.8 Å². The van der Waals surface area contributed by atoms with Crippen LogP contribution in [0.5, 0.6) is 5.75 Å². The first-order valence-corrected chi connectivity index (χ1v) is 8.60. The Hall–Kier alpha value is -1.55. The number of carbonyl (C=O) groups excluding carboxylic acids is 1. The van der Waals surface area contributed by atoms with Gasteiger partial charge >= 0.3 is 0 Å². The van der Waals surface area contributed by atoms with Crippen molar-refractivity contribution in [2.75, 3.05) is 26.2 Å². The van der Waals surface area contributed by atoms with Crippen molar-refractivity contribution in [1.82, 2.24) is 10.6 Å². The maximum absolute atomic E-state index is 12.2. The second kappa shape index (κ2) is 7.82. The van der Waals surface area contributed by atoms with E-state index in [0.29, 0.717) is 12.5 Å². The largest absolute Gasteiger partial charge is 0.493 e. The fourth-order valence-corrected chi connectivity index (χ4v) is 2.70. The highest BCUT2D eigenvalue weighted by Crippen LogP contribution is 2.25. The van der Waals surface area contributed by atoms with Crippen LogP contribution < -0.4 is 15.4 Å². The lowest BCUT2D eigenvalue weighted by Gasteiger charge is -2.26. The summed E-state index contributed by atoms with van der Waals surface area (Å²) in [5.74, 6) is 1.71. The van der Waals surface area contributed by atoms with E-state index in [1.54, 1.807) is 0 Å². The molecule has 2 N–H and O–H groups in total. The highest BCUT2D eigenvalue weighted by molar-refractivity contribution is 5.79. The summed E-state index contributed by atoms with van der Waals surface area (Å²) in [4.78, 5) is 12.2. The molecule has 1 aromatic carbocycles. The van der Waals surface area contributed by atoms with E-state index in [-0.39, 0.29) is 17.2 Å². The average molecular weight is 318 g/mol. The molecule has 4 nitrogen and oxygen atoms in total. The summed E-state index contributed by atoms with van der Waals surface area (Å²) in [5.41, 5.74) is 1.11. The molecule has 1 saturated heterocycles. The van der Waals surface area contributed by atoms with E-state index in [1.807, 2.05) is 12.1 Å². The van der Waals surface area contributed by atoms with Crippen LogP contribution in [0.15, 0.2) is 24.3 Å². The van der Waals surface area contributed by atoms with E-state index in [0.717, 1.165) is 31.9 Å². The highest BCUT2D eigenvalue weighted by Gasteiger charge is 2.26. The Labute approximate surface area is 140 Å². The van der Waals surface area contributed by atoms with Crippen LogP contribution in [0.3, 0.4) is 0 Å². The first-order valence-electron chi connectivity index (χ1n) is 8.60.